The van der Waals surface area contributed by atoms with Crippen LogP contribution in [0.25, 0.3) is 10.9 Å². The summed E-state index contributed by atoms with van der Waals surface area (Å²) in [5.74, 6) is 2.36. The molecule has 1 saturated heterocycles. The number of aldehydes is 1. The standard InChI is InChI=1S/C22H23N3O3/c1-27-19-5-3-18(4-6-19)24-9-11-25(12-10-24)22-17(15-26)13-16-14-20(28-2)7-8-21(16)23-22/h3-8,13-15H,9-12H2,1-2H3. The van der Waals surface area contributed by atoms with Crippen LogP contribution < -0.4 is 19.3 Å². The predicted octanol–water partition coefficient (Wildman–Crippen LogP) is 3.39. The number of benzene rings is 2. The van der Waals surface area contributed by atoms with Crippen molar-refractivity contribution in [1.29, 1.82) is 0 Å². The van der Waals surface area contributed by atoms with E-state index in [4.69, 9.17) is 14.5 Å². The quantitative estimate of drug-likeness (QED) is 0.636. The third-order valence-electron chi connectivity index (χ3n) is 5.17. The molecule has 0 amide bonds. The number of piperazine rings is 1. The molecule has 0 radical (unpaired) electrons. The van der Waals surface area contributed by atoms with E-state index in [1.54, 1.807) is 14.2 Å². The predicted molar refractivity (Wildman–Crippen MR) is 111 cm³/mol. The Balaban J connectivity index is 1.54. The van der Waals surface area contributed by atoms with E-state index in [9.17, 15) is 4.79 Å². The van der Waals surface area contributed by atoms with E-state index in [2.05, 4.69) is 21.9 Å². The number of methoxy groups -OCH3 is 2. The number of hydrogen-bond acceptors (Lipinski definition) is 6. The smallest absolute Gasteiger partial charge is 0.153 e. The molecule has 0 N–H and O–H groups in total. The minimum atomic E-state index is 0.610. The fourth-order valence-electron chi connectivity index (χ4n) is 3.60. The molecule has 4 rings (SSSR count). The van der Waals surface area contributed by atoms with Crippen LogP contribution >= 0.6 is 0 Å². The number of anilines is 2. The third kappa shape index (κ3) is 3.45. The number of carbonyl (C=O) groups excluding carboxylic acids is 1. The lowest BCUT2D eigenvalue weighted by Crippen LogP contribution is -2.47. The lowest BCUT2D eigenvalue weighted by atomic mass is 10.1. The van der Waals surface area contributed by atoms with Crippen molar-refractivity contribution in [3.63, 3.8) is 0 Å². The summed E-state index contributed by atoms with van der Waals surface area (Å²) in [6.07, 6.45) is 0.886. The minimum absolute atomic E-state index is 0.610. The highest BCUT2D eigenvalue weighted by Crippen LogP contribution is 2.27. The summed E-state index contributed by atoms with van der Waals surface area (Å²) in [4.78, 5) is 21.0. The van der Waals surface area contributed by atoms with E-state index in [0.29, 0.717) is 5.56 Å². The van der Waals surface area contributed by atoms with E-state index in [-0.39, 0.29) is 0 Å². The van der Waals surface area contributed by atoms with Gasteiger partial charge in [-0.1, -0.05) is 0 Å². The Kier molecular flexibility index (Phi) is 5.02. The van der Waals surface area contributed by atoms with Crippen LogP contribution in [0.2, 0.25) is 0 Å². The van der Waals surface area contributed by atoms with E-state index < -0.39 is 0 Å². The second-order valence-corrected chi connectivity index (χ2v) is 6.75. The topological polar surface area (TPSA) is 54.9 Å². The molecule has 0 bridgehead atoms. The lowest BCUT2D eigenvalue weighted by molar-refractivity contribution is 0.112. The highest BCUT2D eigenvalue weighted by molar-refractivity contribution is 5.92. The maximum absolute atomic E-state index is 11.7. The zero-order valence-corrected chi connectivity index (χ0v) is 16.1. The second kappa shape index (κ2) is 7.76. The number of fused-ring (bicyclic) bond motifs is 1. The number of ether oxygens (including phenoxy) is 2. The van der Waals surface area contributed by atoms with Gasteiger partial charge in [0.05, 0.1) is 25.3 Å². The van der Waals surface area contributed by atoms with Crippen molar-refractivity contribution in [1.82, 2.24) is 4.98 Å². The molecule has 6 heteroatoms. The van der Waals surface area contributed by atoms with Gasteiger partial charge < -0.3 is 19.3 Å². The van der Waals surface area contributed by atoms with Gasteiger partial charge in [0.15, 0.2) is 6.29 Å². The first kappa shape index (κ1) is 18.1. The van der Waals surface area contributed by atoms with Gasteiger partial charge in [-0.2, -0.15) is 0 Å². The average Bonchev–Trinajstić information content (AvgIpc) is 2.78. The Bertz CT molecular complexity index is 980. The Labute approximate surface area is 164 Å². The fraction of sp³-hybridized carbons (Fsp3) is 0.273. The van der Waals surface area contributed by atoms with Gasteiger partial charge >= 0.3 is 0 Å². The molecule has 1 aliphatic rings. The zero-order chi connectivity index (χ0) is 19.5. The van der Waals surface area contributed by atoms with Crippen LogP contribution in [-0.2, 0) is 0 Å². The SMILES string of the molecule is COc1ccc(N2CCN(c3nc4ccc(OC)cc4cc3C=O)CC2)cc1. The van der Waals surface area contributed by atoms with Crippen LogP contribution in [0.1, 0.15) is 10.4 Å². The van der Waals surface area contributed by atoms with Crippen molar-refractivity contribution in [3.8, 4) is 11.5 Å². The second-order valence-electron chi connectivity index (χ2n) is 6.75. The van der Waals surface area contributed by atoms with Gasteiger partial charge in [-0.15, -0.1) is 0 Å². The molecule has 28 heavy (non-hydrogen) atoms. The molecule has 2 aromatic carbocycles. The highest BCUT2D eigenvalue weighted by Gasteiger charge is 2.21. The van der Waals surface area contributed by atoms with Gasteiger partial charge in [0, 0.05) is 37.3 Å². The minimum Gasteiger partial charge on any atom is -0.497 e. The summed E-state index contributed by atoms with van der Waals surface area (Å²) >= 11 is 0. The van der Waals surface area contributed by atoms with Crippen LogP contribution in [0, 0.1) is 0 Å². The molecule has 6 nitrogen and oxygen atoms in total. The Morgan fingerprint density at radius 1 is 0.857 bits per heavy atom. The van der Waals surface area contributed by atoms with Gasteiger partial charge in [0.1, 0.15) is 17.3 Å². The first-order valence-corrected chi connectivity index (χ1v) is 9.30. The van der Waals surface area contributed by atoms with Crippen molar-refractivity contribution < 1.29 is 14.3 Å². The highest BCUT2D eigenvalue weighted by atomic mass is 16.5. The molecule has 0 unspecified atom stereocenters. The molecular formula is C22H23N3O3. The molecule has 3 aromatic rings. The summed E-state index contributed by atoms with van der Waals surface area (Å²) in [7, 11) is 3.30. The molecule has 2 heterocycles. The maximum atomic E-state index is 11.7. The van der Waals surface area contributed by atoms with Crippen LogP contribution in [0.5, 0.6) is 11.5 Å². The number of hydrogen-bond donors (Lipinski definition) is 0. The largest absolute Gasteiger partial charge is 0.497 e. The van der Waals surface area contributed by atoms with Crippen LogP contribution in [-0.4, -0.2) is 51.7 Å². The van der Waals surface area contributed by atoms with E-state index in [0.717, 1.165) is 60.7 Å². The molecule has 0 atom stereocenters. The van der Waals surface area contributed by atoms with E-state index in [1.807, 2.05) is 36.4 Å². The van der Waals surface area contributed by atoms with Crippen molar-refractivity contribution in [2.45, 2.75) is 0 Å². The summed E-state index contributed by atoms with van der Waals surface area (Å²) in [5.41, 5.74) is 2.65. The van der Waals surface area contributed by atoms with Crippen molar-refractivity contribution in [2.75, 3.05) is 50.2 Å². The number of rotatable bonds is 5. The van der Waals surface area contributed by atoms with Gasteiger partial charge in [-0.05, 0) is 48.5 Å². The average molecular weight is 377 g/mol. The summed E-state index contributed by atoms with van der Waals surface area (Å²) in [6, 6.07) is 15.7. The van der Waals surface area contributed by atoms with Gasteiger partial charge in [0.2, 0.25) is 0 Å². The number of pyridine rings is 1. The molecule has 0 spiro atoms. The van der Waals surface area contributed by atoms with Gasteiger partial charge in [-0.25, -0.2) is 4.98 Å². The van der Waals surface area contributed by atoms with E-state index >= 15 is 0 Å². The number of nitrogens with zero attached hydrogens (tertiary/aromatic N) is 3. The Hall–Kier alpha value is -3.28. The molecule has 0 saturated carbocycles. The normalized spacial score (nSPS) is 14.2. The first-order chi connectivity index (χ1) is 13.7. The summed E-state index contributed by atoms with van der Waals surface area (Å²) < 4.78 is 10.5. The Morgan fingerprint density at radius 3 is 2.14 bits per heavy atom. The van der Waals surface area contributed by atoms with Gasteiger partial charge in [-0.3, -0.25) is 4.79 Å². The lowest BCUT2D eigenvalue weighted by Gasteiger charge is -2.37. The zero-order valence-electron chi connectivity index (χ0n) is 16.1. The van der Waals surface area contributed by atoms with Crippen LogP contribution in [0.15, 0.2) is 48.5 Å². The third-order valence-corrected chi connectivity index (χ3v) is 5.17. The molecule has 144 valence electrons. The number of aromatic nitrogens is 1. The Morgan fingerprint density at radius 2 is 1.50 bits per heavy atom. The maximum Gasteiger partial charge on any atom is 0.153 e. The first-order valence-electron chi connectivity index (χ1n) is 9.30. The summed E-state index contributed by atoms with van der Waals surface area (Å²) in [5, 5.41) is 0.905. The monoisotopic (exact) mass is 377 g/mol. The molecule has 1 fully saturated rings. The van der Waals surface area contributed by atoms with Crippen LogP contribution in [0.4, 0.5) is 11.5 Å². The molecule has 1 aliphatic heterocycles. The van der Waals surface area contributed by atoms with E-state index in [1.165, 1.54) is 5.69 Å². The van der Waals surface area contributed by atoms with Crippen molar-refractivity contribution in [2.24, 2.45) is 0 Å². The van der Waals surface area contributed by atoms with Crippen molar-refractivity contribution >= 4 is 28.7 Å². The summed E-state index contributed by atoms with van der Waals surface area (Å²) in [6.45, 7) is 3.35. The molecule has 0 aliphatic carbocycles. The molecular weight excluding hydrogens is 354 g/mol. The number of carbonyl (C=O) groups is 1. The van der Waals surface area contributed by atoms with Gasteiger partial charge in [0.25, 0.3) is 0 Å². The van der Waals surface area contributed by atoms with Crippen LogP contribution in [0.3, 0.4) is 0 Å². The van der Waals surface area contributed by atoms with Crippen molar-refractivity contribution in [3.05, 3.63) is 54.1 Å². The molecule has 1 aromatic heterocycles. The fourth-order valence-corrected chi connectivity index (χ4v) is 3.60.